The van der Waals surface area contributed by atoms with Crippen molar-refractivity contribution in [3.05, 3.63) is 58.6 Å². The lowest BCUT2D eigenvalue weighted by Gasteiger charge is -2.31. The summed E-state index contributed by atoms with van der Waals surface area (Å²) in [7, 11) is 3.14. The normalized spacial score (nSPS) is 14.6. The number of hydrogen-bond donors (Lipinski definition) is 1. The van der Waals surface area contributed by atoms with E-state index in [0.29, 0.717) is 53.6 Å². The van der Waals surface area contributed by atoms with E-state index in [2.05, 4.69) is 10.5 Å². The third kappa shape index (κ3) is 5.30. The maximum Gasteiger partial charge on any atom is 0.253 e. The molecule has 1 aliphatic heterocycles. The second-order valence-corrected chi connectivity index (χ2v) is 7.35. The van der Waals surface area contributed by atoms with E-state index in [1.54, 1.807) is 61.6 Å². The van der Waals surface area contributed by atoms with Crippen molar-refractivity contribution in [3.8, 4) is 11.5 Å². The maximum absolute atomic E-state index is 12.6. The molecule has 0 aromatic heterocycles. The summed E-state index contributed by atoms with van der Waals surface area (Å²) in [6.07, 6.45) is 2.70. The molecule has 1 saturated heterocycles. The van der Waals surface area contributed by atoms with Crippen LogP contribution in [-0.4, -0.2) is 50.2 Å². The fourth-order valence-electron chi connectivity index (χ4n) is 3.32. The quantitative estimate of drug-likeness (QED) is 0.564. The number of amides is 2. The van der Waals surface area contributed by atoms with E-state index < -0.39 is 0 Å². The fourth-order valence-corrected chi connectivity index (χ4v) is 3.44. The van der Waals surface area contributed by atoms with Gasteiger partial charge in [0.1, 0.15) is 11.5 Å². The van der Waals surface area contributed by atoms with E-state index in [1.807, 2.05) is 0 Å². The van der Waals surface area contributed by atoms with Crippen LogP contribution < -0.4 is 14.9 Å². The number of methoxy groups -OCH3 is 2. The van der Waals surface area contributed by atoms with Crippen molar-refractivity contribution >= 4 is 29.6 Å². The van der Waals surface area contributed by atoms with Crippen LogP contribution in [0.5, 0.6) is 11.5 Å². The second-order valence-electron chi connectivity index (χ2n) is 6.92. The summed E-state index contributed by atoms with van der Waals surface area (Å²) < 4.78 is 10.5. The fraction of sp³-hybridized carbons (Fsp3) is 0.318. The zero-order chi connectivity index (χ0) is 21.5. The molecule has 0 atom stereocenters. The molecule has 0 unspecified atom stereocenters. The molecule has 1 N–H and O–H groups in total. The average Bonchev–Trinajstić information content (AvgIpc) is 2.79. The van der Waals surface area contributed by atoms with E-state index in [0.717, 1.165) is 0 Å². The molecule has 0 bridgehead atoms. The highest BCUT2D eigenvalue weighted by Gasteiger charge is 2.27. The Morgan fingerprint density at radius 3 is 2.43 bits per heavy atom. The van der Waals surface area contributed by atoms with Gasteiger partial charge in [0.25, 0.3) is 5.91 Å². The Kier molecular flexibility index (Phi) is 7.30. The Morgan fingerprint density at radius 1 is 1.10 bits per heavy atom. The van der Waals surface area contributed by atoms with Crippen LogP contribution in [0, 0.1) is 5.92 Å². The van der Waals surface area contributed by atoms with Crippen LogP contribution in [0.15, 0.2) is 47.6 Å². The highest BCUT2D eigenvalue weighted by atomic mass is 35.5. The molecule has 158 valence electrons. The Morgan fingerprint density at radius 2 is 1.80 bits per heavy atom. The number of piperidine rings is 1. The Balaban J connectivity index is 1.52. The summed E-state index contributed by atoms with van der Waals surface area (Å²) in [5.41, 5.74) is 3.88. The van der Waals surface area contributed by atoms with Gasteiger partial charge in [-0.3, -0.25) is 9.59 Å². The number of carbonyl (C=O) groups excluding carboxylic acids is 2. The topological polar surface area (TPSA) is 80.2 Å². The van der Waals surface area contributed by atoms with Crippen LogP contribution in [0.1, 0.15) is 28.8 Å². The van der Waals surface area contributed by atoms with Gasteiger partial charge >= 0.3 is 0 Å². The number of likely N-dealkylation sites (tertiary alicyclic amines) is 1. The van der Waals surface area contributed by atoms with Gasteiger partial charge in [-0.25, -0.2) is 5.43 Å². The standard InChI is InChI=1S/C22H24ClN3O4/c1-29-19-7-8-20(30-2)17(13-19)14-24-25-21(27)15-9-11-26(12-10-15)22(28)16-3-5-18(23)6-4-16/h3-8,13-15H,9-12H2,1-2H3,(H,25,27)/b24-14-. The molecule has 30 heavy (non-hydrogen) atoms. The number of nitrogens with one attached hydrogen (secondary N) is 1. The van der Waals surface area contributed by atoms with E-state index >= 15 is 0 Å². The maximum atomic E-state index is 12.6. The number of carbonyl (C=O) groups is 2. The van der Waals surface area contributed by atoms with Crippen molar-refractivity contribution in [1.82, 2.24) is 10.3 Å². The van der Waals surface area contributed by atoms with Crippen molar-refractivity contribution in [3.63, 3.8) is 0 Å². The predicted molar refractivity (Wildman–Crippen MR) is 115 cm³/mol. The highest BCUT2D eigenvalue weighted by Crippen LogP contribution is 2.23. The van der Waals surface area contributed by atoms with Gasteiger partial charge in [-0.05, 0) is 55.3 Å². The molecule has 0 aliphatic carbocycles. The van der Waals surface area contributed by atoms with E-state index in [4.69, 9.17) is 21.1 Å². The summed E-state index contributed by atoms with van der Waals surface area (Å²) in [4.78, 5) is 26.8. The molecule has 3 rings (SSSR count). The highest BCUT2D eigenvalue weighted by molar-refractivity contribution is 6.30. The van der Waals surface area contributed by atoms with Gasteiger partial charge in [0.05, 0.1) is 20.4 Å². The first-order chi connectivity index (χ1) is 14.5. The summed E-state index contributed by atoms with van der Waals surface area (Å²) in [5.74, 6) is 0.896. The third-order valence-electron chi connectivity index (χ3n) is 5.06. The molecule has 2 aromatic carbocycles. The largest absolute Gasteiger partial charge is 0.497 e. The Bertz CT molecular complexity index is 922. The minimum atomic E-state index is -0.191. The minimum Gasteiger partial charge on any atom is -0.497 e. The Hall–Kier alpha value is -3.06. The van der Waals surface area contributed by atoms with Gasteiger partial charge in [0.15, 0.2) is 0 Å². The van der Waals surface area contributed by atoms with Gasteiger partial charge in [0, 0.05) is 35.2 Å². The monoisotopic (exact) mass is 429 g/mol. The van der Waals surface area contributed by atoms with E-state index in [1.165, 1.54) is 6.21 Å². The van der Waals surface area contributed by atoms with Crippen LogP contribution in [-0.2, 0) is 4.79 Å². The van der Waals surface area contributed by atoms with Crippen molar-refractivity contribution in [2.75, 3.05) is 27.3 Å². The number of halogens is 1. The number of nitrogens with zero attached hydrogens (tertiary/aromatic N) is 2. The van der Waals surface area contributed by atoms with Gasteiger partial charge in [-0.15, -0.1) is 0 Å². The van der Waals surface area contributed by atoms with E-state index in [-0.39, 0.29) is 17.7 Å². The summed E-state index contributed by atoms with van der Waals surface area (Å²) >= 11 is 5.87. The van der Waals surface area contributed by atoms with Crippen LogP contribution in [0.2, 0.25) is 5.02 Å². The second kappa shape index (κ2) is 10.1. The molecule has 1 heterocycles. The average molecular weight is 430 g/mol. The molecule has 0 radical (unpaired) electrons. The lowest BCUT2D eigenvalue weighted by atomic mass is 9.95. The van der Waals surface area contributed by atoms with Crippen LogP contribution >= 0.6 is 11.6 Å². The molecule has 7 nitrogen and oxygen atoms in total. The van der Waals surface area contributed by atoms with Gasteiger partial charge in [0.2, 0.25) is 5.91 Å². The molecule has 8 heteroatoms. The predicted octanol–water partition coefficient (Wildman–Crippen LogP) is 3.36. The Labute approximate surface area is 180 Å². The SMILES string of the molecule is COc1ccc(OC)c(/C=N\NC(=O)C2CCN(C(=O)c3ccc(Cl)cc3)CC2)c1. The number of hydrogen-bond acceptors (Lipinski definition) is 5. The van der Waals surface area contributed by atoms with Crippen LogP contribution in [0.4, 0.5) is 0 Å². The number of ether oxygens (including phenoxy) is 2. The zero-order valence-corrected chi connectivity index (χ0v) is 17.7. The van der Waals surface area contributed by atoms with Gasteiger partial charge in [-0.2, -0.15) is 5.10 Å². The zero-order valence-electron chi connectivity index (χ0n) is 16.9. The smallest absolute Gasteiger partial charge is 0.253 e. The van der Waals surface area contributed by atoms with Gasteiger partial charge < -0.3 is 14.4 Å². The number of rotatable bonds is 6. The lowest BCUT2D eigenvalue weighted by Crippen LogP contribution is -2.42. The first-order valence-electron chi connectivity index (χ1n) is 9.61. The minimum absolute atomic E-state index is 0.0475. The van der Waals surface area contributed by atoms with Crippen molar-refractivity contribution in [2.24, 2.45) is 11.0 Å². The lowest BCUT2D eigenvalue weighted by molar-refractivity contribution is -0.126. The molecule has 0 saturated carbocycles. The van der Waals surface area contributed by atoms with Crippen LogP contribution in [0.3, 0.4) is 0 Å². The first kappa shape index (κ1) is 21.6. The number of benzene rings is 2. The molecule has 1 aliphatic rings. The van der Waals surface area contributed by atoms with Gasteiger partial charge in [-0.1, -0.05) is 11.6 Å². The first-order valence-corrected chi connectivity index (χ1v) is 9.99. The number of hydrazone groups is 1. The van der Waals surface area contributed by atoms with E-state index in [9.17, 15) is 9.59 Å². The molecule has 2 amide bonds. The van der Waals surface area contributed by atoms with Crippen molar-refractivity contribution in [2.45, 2.75) is 12.8 Å². The molecular formula is C22H24ClN3O4. The van der Waals surface area contributed by atoms with Crippen LogP contribution in [0.25, 0.3) is 0 Å². The summed E-state index contributed by atoms with van der Waals surface area (Å²) in [6.45, 7) is 1.04. The molecule has 1 fully saturated rings. The summed E-state index contributed by atoms with van der Waals surface area (Å²) in [5, 5.41) is 4.65. The molecular weight excluding hydrogens is 406 g/mol. The summed E-state index contributed by atoms with van der Waals surface area (Å²) in [6, 6.07) is 12.2. The van der Waals surface area contributed by atoms with Crippen molar-refractivity contribution < 1.29 is 19.1 Å². The third-order valence-corrected chi connectivity index (χ3v) is 5.31. The molecule has 2 aromatic rings. The molecule has 0 spiro atoms. The van der Waals surface area contributed by atoms with Crippen molar-refractivity contribution in [1.29, 1.82) is 0 Å².